The summed E-state index contributed by atoms with van der Waals surface area (Å²) in [7, 11) is 0. The van der Waals surface area contributed by atoms with Crippen molar-refractivity contribution in [2.24, 2.45) is 0 Å². The lowest BCUT2D eigenvalue weighted by molar-refractivity contribution is 0.0946. The molecule has 102 valence electrons. The lowest BCUT2D eigenvalue weighted by Gasteiger charge is -2.06. The minimum absolute atomic E-state index is 0.224. The third-order valence-electron chi connectivity index (χ3n) is 2.62. The molecule has 0 radical (unpaired) electrons. The maximum Gasteiger partial charge on any atom is 0.270 e. The number of hydrogen-bond donors (Lipinski definition) is 2. The summed E-state index contributed by atoms with van der Waals surface area (Å²) in [6.07, 6.45) is 3.08. The Balaban J connectivity index is 1.96. The first-order valence-corrected chi connectivity index (χ1v) is 6.28. The van der Waals surface area contributed by atoms with E-state index in [9.17, 15) is 4.79 Å². The normalized spacial score (nSPS) is 9.80. The van der Waals surface area contributed by atoms with Gasteiger partial charge in [-0.2, -0.15) is 0 Å². The van der Waals surface area contributed by atoms with Crippen molar-refractivity contribution in [1.29, 1.82) is 0 Å². The van der Waals surface area contributed by atoms with Gasteiger partial charge in [-0.15, -0.1) is 6.58 Å². The molecule has 5 heteroatoms. The van der Waals surface area contributed by atoms with Gasteiger partial charge in [0.2, 0.25) is 0 Å². The van der Waals surface area contributed by atoms with E-state index in [0.717, 1.165) is 5.56 Å². The highest BCUT2D eigenvalue weighted by Crippen LogP contribution is 2.04. The van der Waals surface area contributed by atoms with Crippen LogP contribution in [0.2, 0.25) is 0 Å². The Labute approximate surface area is 117 Å². The Morgan fingerprint density at radius 1 is 1.25 bits per heavy atom. The first kappa shape index (κ1) is 13.7. The highest BCUT2D eigenvalue weighted by atomic mass is 16.1. The number of amides is 1. The minimum atomic E-state index is -0.224. The van der Waals surface area contributed by atoms with Crippen molar-refractivity contribution in [3.63, 3.8) is 0 Å². The molecular formula is C15H16N4O. The van der Waals surface area contributed by atoms with Crippen molar-refractivity contribution < 1.29 is 4.79 Å². The number of benzene rings is 1. The smallest absolute Gasteiger partial charge is 0.270 e. The van der Waals surface area contributed by atoms with Gasteiger partial charge < -0.3 is 10.6 Å². The van der Waals surface area contributed by atoms with E-state index in [-0.39, 0.29) is 5.91 Å². The number of nitrogens with zero attached hydrogens (tertiary/aromatic N) is 2. The number of rotatable bonds is 6. The highest BCUT2D eigenvalue weighted by Gasteiger charge is 2.08. The van der Waals surface area contributed by atoms with Crippen LogP contribution >= 0.6 is 0 Å². The maximum absolute atomic E-state index is 12.0. The van der Waals surface area contributed by atoms with E-state index in [4.69, 9.17) is 0 Å². The SMILES string of the molecule is C=CCNc1cc(C(=O)NCc2ccccc2)ncn1. The summed E-state index contributed by atoms with van der Waals surface area (Å²) in [6.45, 7) is 4.67. The van der Waals surface area contributed by atoms with Gasteiger partial charge in [0.15, 0.2) is 0 Å². The molecule has 0 aliphatic rings. The van der Waals surface area contributed by atoms with Crippen LogP contribution in [0.15, 0.2) is 55.4 Å². The molecule has 0 atom stereocenters. The van der Waals surface area contributed by atoms with E-state index in [0.29, 0.717) is 24.6 Å². The molecule has 1 aromatic heterocycles. The first-order chi connectivity index (χ1) is 9.79. The number of hydrogen-bond acceptors (Lipinski definition) is 4. The monoisotopic (exact) mass is 268 g/mol. The molecule has 2 rings (SSSR count). The van der Waals surface area contributed by atoms with Crippen LogP contribution in [0.4, 0.5) is 5.82 Å². The second kappa shape index (κ2) is 7.04. The molecule has 0 fully saturated rings. The Morgan fingerprint density at radius 2 is 2.05 bits per heavy atom. The predicted octanol–water partition coefficient (Wildman–Crippen LogP) is 2.00. The first-order valence-electron chi connectivity index (χ1n) is 6.28. The summed E-state index contributed by atoms with van der Waals surface area (Å²) in [4.78, 5) is 20.0. The molecule has 1 heterocycles. The molecule has 2 aromatic rings. The Hall–Kier alpha value is -2.69. The van der Waals surface area contributed by atoms with Crippen LogP contribution in [0.25, 0.3) is 0 Å². The Kier molecular flexibility index (Phi) is 4.83. The molecule has 0 spiro atoms. The topological polar surface area (TPSA) is 66.9 Å². The van der Waals surface area contributed by atoms with Crippen molar-refractivity contribution in [3.8, 4) is 0 Å². The number of nitrogens with one attached hydrogen (secondary N) is 2. The predicted molar refractivity (Wildman–Crippen MR) is 78.3 cm³/mol. The van der Waals surface area contributed by atoms with E-state index >= 15 is 0 Å². The highest BCUT2D eigenvalue weighted by molar-refractivity contribution is 5.92. The van der Waals surface area contributed by atoms with Crippen LogP contribution in [0.1, 0.15) is 16.1 Å². The molecule has 1 amide bonds. The molecule has 0 aliphatic heterocycles. The van der Waals surface area contributed by atoms with Crippen LogP contribution in [0.5, 0.6) is 0 Å². The zero-order valence-corrected chi connectivity index (χ0v) is 11.0. The van der Waals surface area contributed by atoms with Crippen LogP contribution in [0.3, 0.4) is 0 Å². The molecule has 0 bridgehead atoms. The molecule has 1 aromatic carbocycles. The van der Waals surface area contributed by atoms with Gasteiger partial charge in [-0.05, 0) is 5.56 Å². The van der Waals surface area contributed by atoms with E-state index in [1.807, 2.05) is 30.3 Å². The van der Waals surface area contributed by atoms with Gasteiger partial charge in [-0.25, -0.2) is 9.97 Å². The van der Waals surface area contributed by atoms with Crippen LogP contribution < -0.4 is 10.6 Å². The fourth-order valence-corrected chi connectivity index (χ4v) is 1.62. The summed E-state index contributed by atoms with van der Waals surface area (Å²) >= 11 is 0. The second-order valence-corrected chi connectivity index (χ2v) is 4.13. The molecule has 5 nitrogen and oxygen atoms in total. The van der Waals surface area contributed by atoms with Gasteiger partial charge in [-0.1, -0.05) is 36.4 Å². The fourth-order valence-electron chi connectivity index (χ4n) is 1.62. The third kappa shape index (κ3) is 3.91. The summed E-state index contributed by atoms with van der Waals surface area (Å²) in [5.74, 6) is 0.377. The van der Waals surface area contributed by atoms with Gasteiger partial charge in [0.05, 0.1) is 0 Å². The van der Waals surface area contributed by atoms with Gasteiger partial charge in [-0.3, -0.25) is 4.79 Å². The standard InChI is InChI=1S/C15H16N4O/c1-2-8-16-14-9-13(18-11-19-14)15(20)17-10-12-6-4-3-5-7-12/h2-7,9,11H,1,8,10H2,(H,17,20)(H,16,18,19). The summed E-state index contributed by atoms with van der Waals surface area (Å²) < 4.78 is 0. The third-order valence-corrected chi connectivity index (χ3v) is 2.62. The van der Waals surface area contributed by atoms with Crippen LogP contribution in [-0.2, 0) is 6.54 Å². The van der Waals surface area contributed by atoms with Gasteiger partial charge in [0.25, 0.3) is 5.91 Å². The van der Waals surface area contributed by atoms with E-state index < -0.39 is 0 Å². The summed E-state index contributed by atoms with van der Waals surface area (Å²) in [5.41, 5.74) is 1.38. The van der Waals surface area contributed by atoms with Crippen molar-refractivity contribution in [2.75, 3.05) is 11.9 Å². The van der Waals surface area contributed by atoms with Crippen molar-refractivity contribution in [2.45, 2.75) is 6.54 Å². The summed E-state index contributed by atoms with van der Waals surface area (Å²) in [6, 6.07) is 11.3. The van der Waals surface area contributed by atoms with E-state index in [2.05, 4.69) is 27.2 Å². The minimum Gasteiger partial charge on any atom is -0.366 e. The average Bonchev–Trinajstić information content (AvgIpc) is 2.52. The zero-order valence-electron chi connectivity index (χ0n) is 11.0. The number of anilines is 1. The zero-order chi connectivity index (χ0) is 14.2. The van der Waals surface area contributed by atoms with E-state index in [1.54, 1.807) is 12.1 Å². The molecule has 20 heavy (non-hydrogen) atoms. The maximum atomic E-state index is 12.0. The Morgan fingerprint density at radius 3 is 2.80 bits per heavy atom. The van der Waals surface area contributed by atoms with Crippen LogP contribution in [0, 0.1) is 0 Å². The summed E-state index contributed by atoms with van der Waals surface area (Å²) in [5, 5.41) is 5.84. The van der Waals surface area contributed by atoms with E-state index in [1.165, 1.54) is 6.33 Å². The number of carbonyl (C=O) groups is 1. The lowest BCUT2D eigenvalue weighted by atomic mass is 10.2. The molecule has 0 saturated heterocycles. The number of carbonyl (C=O) groups excluding carboxylic acids is 1. The van der Waals surface area contributed by atoms with Gasteiger partial charge in [0.1, 0.15) is 17.8 Å². The molecule has 2 N–H and O–H groups in total. The second-order valence-electron chi connectivity index (χ2n) is 4.13. The molecule has 0 saturated carbocycles. The lowest BCUT2D eigenvalue weighted by Crippen LogP contribution is -2.24. The number of aromatic nitrogens is 2. The van der Waals surface area contributed by atoms with Gasteiger partial charge >= 0.3 is 0 Å². The quantitative estimate of drug-likeness (QED) is 0.786. The largest absolute Gasteiger partial charge is 0.366 e. The molecule has 0 unspecified atom stereocenters. The van der Waals surface area contributed by atoms with Crippen molar-refractivity contribution in [1.82, 2.24) is 15.3 Å². The van der Waals surface area contributed by atoms with Crippen molar-refractivity contribution in [3.05, 3.63) is 66.6 Å². The average molecular weight is 268 g/mol. The Bertz CT molecular complexity index is 583. The van der Waals surface area contributed by atoms with Gasteiger partial charge in [0, 0.05) is 19.2 Å². The van der Waals surface area contributed by atoms with Crippen molar-refractivity contribution >= 4 is 11.7 Å². The molecular weight excluding hydrogens is 252 g/mol. The van der Waals surface area contributed by atoms with Crippen LogP contribution in [-0.4, -0.2) is 22.4 Å². The fraction of sp³-hybridized carbons (Fsp3) is 0.133. The molecule has 0 aliphatic carbocycles.